The average Bonchev–Trinajstić information content (AvgIpc) is 3.04. The minimum absolute atomic E-state index is 0.0398. The molecule has 1 aromatic heterocycles. The lowest BCUT2D eigenvalue weighted by Crippen LogP contribution is -2.34. The molecular formula is C22H22ClFN4O3S. The van der Waals surface area contributed by atoms with Crippen LogP contribution in [0.3, 0.4) is 0 Å². The summed E-state index contributed by atoms with van der Waals surface area (Å²) >= 11 is 6.38. The van der Waals surface area contributed by atoms with Gasteiger partial charge in [0.2, 0.25) is 15.9 Å². The molecule has 0 fully saturated rings. The Hall–Kier alpha value is -3.01. The molecule has 3 rings (SSSR count). The number of sulfonamides is 1. The van der Waals surface area contributed by atoms with Crippen LogP contribution in [-0.4, -0.2) is 37.2 Å². The first-order chi connectivity index (χ1) is 15.2. The normalized spacial score (nSPS) is 11.8. The molecule has 0 aliphatic carbocycles. The number of carbonyl (C=O) groups excluding carboxylic acids is 1. The van der Waals surface area contributed by atoms with Gasteiger partial charge in [-0.25, -0.2) is 22.2 Å². The van der Waals surface area contributed by atoms with E-state index in [1.54, 1.807) is 31.2 Å². The lowest BCUT2D eigenvalue weighted by Gasteiger charge is -2.07. The Morgan fingerprint density at radius 2 is 1.75 bits per heavy atom. The van der Waals surface area contributed by atoms with Gasteiger partial charge in [-0.05, 0) is 56.3 Å². The van der Waals surface area contributed by atoms with E-state index >= 15 is 0 Å². The summed E-state index contributed by atoms with van der Waals surface area (Å²) in [5.74, 6) is -0.781. The molecule has 2 N–H and O–H groups in total. The zero-order valence-corrected chi connectivity index (χ0v) is 19.0. The summed E-state index contributed by atoms with van der Waals surface area (Å²) in [6, 6.07) is 12.2. The first-order valence-corrected chi connectivity index (χ1v) is 11.6. The van der Waals surface area contributed by atoms with Crippen molar-refractivity contribution < 1.29 is 17.6 Å². The highest BCUT2D eigenvalue weighted by Crippen LogP contribution is 2.24. The Balaban J connectivity index is 1.55. The molecule has 0 aliphatic rings. The highest BCUT2D eigenvalue weighted by atomic mass is 35.5. The highest BCUT2D eigenvalue weighted by molar-refractivity contribution is 7.89. The molecule has 168 valence electrons. The van der Waals surface area contributed by atoms with Crippen LogP contribution >= 0.6 is 11.6 Å². The summed E-state index contributed by atoms with van der Waals surface area (Å²) in [5.41, 5.74) is 2.69. The number of nitrogens with zero attached hydrogens (tertiary/aromatic N) is 2. The van der Waals surface area contributed by atoms with E-state index in [2.05, 4.69) is 15.1 Å². The highest BCUT2D eigenvalue weighted by Gasteiger charge is 2.14. The Morgan fingerprint density at radius 1 is 1.09 bits per heavy atom. The van der Waals surface area contributed by atoms with E-state index in [0.29, 0.717) is 16.9 Å². The summed E-state index contributed by atoms with van der Waals surface area (Å²) in [7, 11) is -3.64. The Morgan fingerprint density at radius 3 is 2.41 bits per heavy atom. The zero-order valence-electron chi connectivity index (χ0n) is 17.5. The van der Waals surface area contributed by atoms with Gasteiger partial charge in [0.25, 0.3) is 0 Å². The number of rotatable bonds is 8. The van der Waals surface area contributed by atoms with E-state index in [-0.39, 0.29) is 29.0 Å². The van der Waals surface area contributed by atoms with Crippen molar-refractivity contribution >= 4 is 33.6 Å². The molecule has 10 heteroatoms. The van der Waals surface area contributed by atoms with Gasteiger partial charge in [0.15, 0.2) is 0 Å². The van der Waals surface area contributed by atoms with Crippen molar-refractivity contribution in [3.05, 3.63) is 82.4 Å². The van der Waals surface area contributed by atoms with E-state index in [9.17, 15) is 17.6 Å². The number of halogens is 2. The van der Waals surface area contributed by atoms with Gasteiger partial charge in [0, 0.05) is 24.7 Å². The number of amides is 1. The Bertz CT molecular complexity index is 1240. The molecule has 0 unspecified atom stereocenters. The number of carbonyl (C=O) groups is 1. The fourth-order valence-electron chi connectivity index (χ4n) is 2.84. The molecule has 2 aromatic carbocycles. The van der Waals surface area contributed by atoms with Crippen LogP contribution in [0.4, 0.5) is 4.39 Å². The third-order valence-electron chi connectivity index (χ3n) is 4.57. The van der Waals surface area contributed by atoms with Crippen molar-refractivity contribution in [3.8, 4) is 5.69 Å². The Kier molecular flexibility index (Phi) is 7.44. The standard InChI is InChI=1S/C22H22ClFN4O3S/c1-15-3-9-19(10-4-15)32(30,31)26-14-13-25-21(29)12-11-20-16(2)27-28(22(20)23)18-7-5-17(24)6-8-18/h3-12,26H,13-14H2,1-2H3,(H,25,29)/b12-11+. The first kappa shape index (κ1) is 23.6. The number of benzene rings is 2. The van der Waals surface area contributed by atoms with Crippen LogP contribution in [-0.2, 0) is 14.8 Å². The van der Waals surface area contributed by atoms with Gasteiger partial charge >= 0.3 is 0 Å². The topological polar surface area (TPSA) is 93.1 Å². The van der Waals surface area contributed by atoms with Gasteiger partial charge in [-0.2, -0.15) is 5.10 Å². The summed E-state index contributed by atoms with van der Waals surface area (Å²) in [6.07, 6.45) is 2.82. The van der Waals surface area contributed by atoms with Crippen LogP contribution in [0.1, 0.15) is 16.8 Å². The number of hydrogen-bond donors (Lipinski definition) is 2. The molecule has 0 bridgehead atoms. The van der Waals surface area contributed by atoms with Crippen LogP contribution in [0.2, 0.25) is 5.15 Å². The second-order valence-corrected chi connectivity index (χ2v) is 9.14. The monoisotopic (exact) mass is 476 g/mol. The predicted molar refractivity (Wildman–Crippen MR) is 122 cm³/mol. The van der Waals surface area contributed by atoms with Crippen molar-refractivity contribution in [1.82, 2.24) is 19.8 Å². The van der Waals surface area contributed by atoms with Crippen molar-refractivity contribution in [2.24, 2.45) is 0 Å². The minimum Gasteiger partial charge on any atom is -0.351 e. The van der Waals surface area contributed by atoms with Crippen molar-refractivity contribution in [2.45, 2.75) is 18.7 Å². The molecule has 0 saturated heterocycles. The van der Waals surface area contributed by atoms with Gasteiger partial charge < -0.3 is 5.32 Å². The van der Waals surface area contributed by atoms with Crippen molar-refractivity contribution in [1.29, 1.82) is 0 Å². The summed E-state index contributed by atoms with van der Waals surface area (Å²) in [4.78, 5) is 12.3. The first-order valence-electron chi connectivity index (χ1n) is 9.71. The molecule has 0 atom stereocenters. The third-order valence-corrected chi connectivity index (χ3v) is 6.41. The molecule has 1 amide bonds. The van der Waals surface area contributed by atoms with Gasteiger partial charge in [-0.1, -0.05) is 29.3 Å². The van der Waals surface area contributed by atoms with Crippen LogP contribution in [0.25, 0.3) is 11.8 Å². The van der Waals surface area contributed by atoms with Crippen LogP contribution in [0.5, 0.6) is 0 Å². The largest absolute Gasteiger partial charge is 0.351 e. The van der Waals surface area contributed by atoms with E-state index in [0.717, 1.165) is 5.56 Å². The van der Waals surface area contributed by atoms with Gasteiger partial charge in [-0.3, -0.25) is 4.79 Å². The van der Waals surface area contributed by atoms with Crippen molar-refractivity contribution in [3.63, 3.8) is 0 Å². The molecule has 0 spiro atoms. The maximum Gasteiger partial charge on any atom is 0.244 e. The molecule has 3 aromatic rings. The number of aromatic nitrogens is 2. The molecule has 0 saturated carbocycles. The zero-order chi connectivity index (χ0) is 23.3. The average molecular weight is 477 g/mol. The van der Waals surface area contributed by atoms with Crippen LogP contribution in [0, 0.1) is 19.7 Å². The van der Waals surface area contributed by atoms with E-state index in [4.69, 9.17) is 11.6 Å². The van der Waals surface area contributed by atoms with Gasteiger partial charge in [0.1, 0.15) is 11.0 Å². The summed E-state index contributed by atoms with van der Waals surface area (Å²) < 4.78 is 41.5. The second kappa shape index (κ2) is 10.1. The number of nitrogens with one attached hydrogen (secondary N) is 2. The fraction of sp³-hybridized carbons (Fsp3) is 0.182. The number of aryl methyl sites for hydroxylation is 2. The quantitative estimate of drug-likeness (QED) is 0.385. The Labute approximate surface area is 191 Å². The molecule has 0 radical (unpaired) electrons. The van der Waals surface area contributed by atoms with Crippen molar-refractivity contribution in [2.75, 3.05) is 13.1 Å². The lowest BCUT2D eigenvalue weighted by atomic mass is 10.2. The van der Waals surface area contributed by atoms with E-state index < -0.39 is 15.9 Å². The summed E-state index contributed by atoms with van der Waals surface area (Å²) in [5, 5.41) is 7.21. The lowest BCUT2D eigenvalue weighted by molar-refractivity contribution is -0.116. The molecule has 7 nitrogen and oxygen atoms in total. The number of hydrogen-bond acceptors (Lipinski definition) is 4. The fourth-order valence-corrected chi connectivity index (χ4v) is 4.21. The molecule has 0 aliphatic heterocycles. The summed E-state index contributed by atoms with van der Waals surface area (Å²) in [6.45, 7) is 3.76. The van der Waals surface area contributed by atoms with E-state index in [1.807, 2.05) is 6.92 Å². The maximum atomic E-state index is 13.1. The minimum atomic E-state index is -3.64. The predicted octanol–water partition coefficient (Wildman–Crippen LogP) is 3.39. The molecular weight excluding hydrogens is 455 g/mol. The molecule has 1 heterocycles. The van der Waals surface area contributed by atoms with Gasteiger partial charge in [0.05, 0.1) is 16.3 Å². The van der Waals surface area contributed by atoms with Gasteiger partial charge in [-0.15, -0.1) is 0 Å². The van der Waals surface area contributed by atoms with Crippen LogP contribution in [0.15, 0.2) is 59.5 Å². The third kappa shape index (κ3) is 5.82. The van der Waals surface area contributed by atoms with E-state index in [1.165, 1.54) is 41.1 Å². The maximum absolute atomic E-state index is 13.1. The SMILES string of the molecule is Cc1ccc(S(=O)(=O)NCCNC(=O)/C=C/c2c(C)nn(-c3ccc(F)cc3)c2Cl)cc1. The van der Waals surface area contributed by atoms with Crippen LogP contribution < -0.4 is 10.0 Å². The molecule has 32 heavy (non-hydrogen) atoms. The smallest absolute Gasteiger partial charge is 0.244 e. The second-order valence-electron chi connectivity index (χ2n) is 7.01.